The van der Waals surface area contributed by atoms with Crippen LogP contribution in [0.2, 0.25) is 0 Å². The average Bonchev–Trinajstić information content (AvgIpc) is 2.93. The van der Waals surface area contributed by atoms with Crippen molar-refractivity contribution in [3.05, 3.63) is 53.3 Å². The molecule has 1 aliphatic rings. The first-order valence-corrected chi connectivity index (χ1v) is 6.37. The van der Waals surface area contributed by atoms with Crippen molar-refractivity contribution < 1.29 is 13.9 Å². The molecule has 0 fully saturated rings. The highest BCUT2D eigenvalue weighted by atomic mass is 19.1. The number of benzene rings is 2. The number of nitrogens with one attached hydrogen (secondary N) is 1. The molecule has 0 unspecified atom stereocenters. The van der Waals surface area contributed by atoms with Crippen LogP contribution in [0.15, 0.2) is 36.4 Å². The van der Waals surface area contributed by atoms with Gasteiger partial charge in [-0.1, -0.05) is 6.07 Å². The number of halogens is 1. The van der Waals surface area contributed by atoms with Gasteiger partial charge in [-0.05, 0) is 41.5 Å². The van der Waals surface area contributed by atoms with Crippen molar-refractivity contribution in [1.29, 1.82) is 0 Å². The fourth-order valence-corrected chi connectivity index (χ4v) is 2.15. The minimum Gasteiger partial charge on any atom is -0.454 e. The van der Waals surface area contributed by atoms with Crippen LogP contribution in [-0.2, 0) is 13.1 Å². The zero-order valence-corrected chi connectivity index (χ0v) is 10.9. The normalized spacial score (nSPS) is 12.5. The van der Waals surface area contributed by atoms with Crippen molar-refractivity contribution in [3.8, 4) is 11.5 Å². The minimum absolute atomic E-state index is 0.265. The quantitative estimate of drug-likeness (QED) is 0.900. The summed E-state index contributed by atoms with van der Waals surface area (Å²) in [7, 11) is 0. The number of nitrogens with two attached hydrogens (primary N) is 1. The van der Waals surface area contributed by atoms with Crippen molar-refractivity contribution in [2.24, 2.45) is 5.73 Å². The van der Waals surface area contributed by atoms with Crippen molar-refractivity contribution in [2.75, 3.05) is 12.1 Å². The minimum atomic E-state index is -0.279. The van der Waals surface area contributed by atoms with Gasteiger partial charge in [0.1, 0.15) is 5.82 Å². The lowest BCUT2D eigenvalue weighted by Crippen LogP contribution is -2.06. The molecule has 0 amide bonds. The Morgan fingerprint density at radius 1 is 1.10 bits per heavy atom. The summed E-state index contributed by atoms with van der Waals surface area (Å²) in [4.78, 5) is 0. The molecule has 0 saturated carbocycles. The molecule has 0 atom stereocenters. The summed E-state index contributed by atoms with van der Waals surface area (Å²) in [5.41, 5.74) is 8.27. The zero-order chi connectivity index (χ0) is 13.9. The van der Waals surface area contributed by atoms with Crippen LogP contribution in [0.4, 0.5) is 10.1 Å². The molecule has 0 aromatic heterocycles. The molecule has 104 valence electrons. The Morgan fingerprint density at radius 3 is 2.80 bits per heavy atom. The lowest BCUT2D eigenvalue weighted by atomic mass is 10.1. The van der Waals surface area contributed by atoms with Gasteiger partial charge in [-0.2, -0.15) is 0 Å². The average molecular weight is 274 g/mol. The number of ether oxygens (including phenoxy) is 2. The van der Waals surface area contributed by atoms with E-state index in [1.807, 2.05) is 18.2 Å². The molecule has 0 saturated heterocycles. The van der Waals surface area contributed by atoms with Gasteiger partial charge >= 0.3 is 0 Å². The second kappa shape index (κ2) is 5.38. The van der Waals surface area contributed by atoms with Gasteiger partial charge in [-0.25, -0.2) is 4.39 Å². The first-order valence-electron chi connectivity index (χ1n) is 6.37. The van der Waals surface area contributed by atoms with Gasteiger partial charge in [0.15, 0.2) is 11.5 Å². The molecule has 5 heteroatoms. The molecule has 3 N–H and O–H groups in total. The molecular weight excluding hydrogens is 259 g/mol. The predicted octanol–water partition coefficient (Wildman–Crippen LogP) is 2.63. The monoisotopic (exact) mass is 274 g/mol. The van der Waals surface area contributed by atoms with E-state index in [0.717, 1.165) is 28.3 Å². The van der Waals surface area contributed by atoms with Crippen molar-refractivity contribution in [2.45, 2.75) is 13.1 Å². The summed E-state index contributed by atoms with van der Waals surface area (Å²) < 4.78 is 23.7. The summed E-state index contributed by atoms with van der Waals surface area (Å²) in [6, 6.07) is 10.3. The van der Waals surface area contributed by atoms with Gasteiger partial charge in [0.05, 0.1) is 0 Å². The molecule has 2 aromatic carbocycles. The maximum absolute atomic E-state index is 13.1. The highest BCUT2D eigenvalue weighted by molar-refractivity contribution is 5.52. The number of rotatable bonds is 4. The maximum atomic E-state index is 13.1. The molecule has 0 bridgehead atoms. The maximum Gasteiger partial charge on any atom is 0.231 e. The summed E-state index contributed by atoms with van der Waals surface area (Å²) in [5.74, 6) is 1.24. The highest BCUT2D eigenvalue weighted by Crippen LogP contribution is 2.32. The molecule has 0 aliphatic carbocycles. The summed E-state index contributed by atoms with van der Waals surface area (Å²) in [6.45, 7) is 1.16. The lowest BCUT2D eigenvalue weighted by Gasteiger charge is -2.11. The van der Waals surface area contributed by atoms with Crippen molar-refractivity contribution in [3.63, 3.8) is 0 Å². The molecule has 4 nitrogen and oxygen atoms in total. The first kappa shape index (κ1) is 12.7. The first-order chi connectivity index (χ1) is 9.76. The van der Waals surface area contributed by atoms with E-state index in [2.05, 4.69) is 5.32 Å². The van der Waals surface area contributed by atoms with Gasteiger partial charge in [-0.3, -0.25) is 0 Å². The third-order valence-electron chi connectivity index (χ3n) is 3.21. The van der Waals surface area contributed by atoms with Gasteiger partial charge in [0, 0.05) is 18.8 Å². The Labute approximate surface area is 116 Å². The van der Waals surface area contributed by atoms with Crippen LogP contribution in [0, 0.1) is 5.82 Å². The standard InChI is InChI=1S/C15H15FN2O2/c16-12-2-3-13(11(6-12)7-17)18-8-10-1-4-14-15(5-10)20-9-19-14/h1-6,18H,7-9,17H2. The van der Waals surface area contributed by atoms with Crippen LogP contribution in [0.3, 0.4) is 0 Å². The van der Waals surface area contributed by atoms with E-state index in [4.69, 9.17) is 15.2 Å². The fourth-order valence-electron chi connectivity index (χ4n) is 2.15. The summed E-state index contributed by atoms with van der Waals surface area (Å²) in [5, 5.41) is 3.26. The molecule has 1 heterocycles. The largest absolute Gasteiger partial charge is 0.454 e. The van der Waals surface area contributed by atoms with Gasteiger partial charge in [-0.15, -0.1) is 0 Å². The van der Waals surface area contributed by atoms with Gasteiger partial charge in [0.2, 0.25) is 6.79 Å². The number of anilines is 1. The third-order valence-corrected chi connectivity index (χ3v) is 3.21. The number of hydrogen-bond donors (Lipinski definition) is 2. The van der Waals surface area contributed by atoms with Crippen molar-refractivity contribution >= 4 is 5.69 Å². The lowest BCUT2D eigenvalue weighted by molar-refractivity contribution is 0.174. The molecule has 2 aromatic rings. The van der Waals surface area contributed by atoms with Crippen LogP contribution in [0.5, 0.6) is 11.5 Å². The van der Waals surface area contributed by atoms with E-state index in [1.165, 1.54) is 12.1 Å². The summed E-state index contributed by atoms with van der Waals surface area (Å²) in [6.07, 6.45) is 0. The van der Waals surface area contributed by atoms with E-state index in [0.29, 0.717) is 13.1 Å². The Kier molecular flexibility index (Phi) is 3.43. The second-order valence-electron chi connectivity index (χ2n) is 4.55. The molecule has 3 rings (SSSR count). The van der Waals surface area contributed by atoms with Crippen LogP contribution in [-0.4, -0.2) is 6.79 Å². The highest BCUT2D eigenvalue weighted by Gasteiger charge is 2.13. The third kappa shape index (κ3) is 2.53. The number of fused-ring (bicyclic) bond motifs is 1. The van der Waals surface area contributed by atoms with Gasteiger partial charge in [0.25, 0.3) is 0 Å². The van der Waals surface area contributed by atoms with E-state index in [1.54, 1.807) is 6.07 Å². The molecule has 1 aliphatic heterocycles. The Balaban J connectivity index is 1.73. The van der Waals surface area contributed by atoms with Gasteiger partial charge < -0.3 is 20.5 Å². The Hall–Kier alpha value is -2.27. The van der Waals surface area contributed by atoms with E-state index >= 15 is 0 Å². The van der Waals surface area contributed by atoms with Crippen LogP contribution < -0.4 is 20.5 Å². The van der Waals surface area contributed by atoms with E-state index in [9.17, 15) is 4.39 Å². The molecular formula is C15H15FN2O2. The molecule has 0 spiro atoms. The van der Waals surface area contributed by atoms with Crippen molar-refractivity contribution in [1.82, 2.24) is 0 Å². The summed E-state index contributed by atoms with van der Waals surface area (Å²) >= 11 is 0. The topological polar surface area (TPSA) is 56.5 Å². The Morgan fingerprint density at radius 2 is 1.95 bits per heavy atom. The predicted molar refractivity (Wildman–Crippen MR) is 74.2 cm³/mol. The fraction of sp³-hybridized carbons (Fsp3) is 0.200. The smallest absolute Gasteiger partial charge is 0.231 e. The van der Waals surface area contributed by atoms with E-state index < -0.39 is 0 Å². The van der Waals surface area contributed by atoms with Crippen LogP contribution >= 0.6 is 0 Å². The van der Waals surface area contributed by atoms with Crippen LogP contribution in [0.1, 0.15) is 11.1 Å². The second-order valence-corrected chi connectivity index (χ2v) is 4.55. The Bertz CT molecular complexity index is 631. The SMILES string of the molecule is NCc1cc(F)ccc1NCc1ccc2c(c1)OCO2. The molecule has 20 heavy (non-hydrogen) atoms. The zero-order valence-electron chi connectivity index (χ0n) is 10.9. The molecule has 0 radical (unpaired) electrons. The van der Waals surface area contributed by atoms with Crippen LogP contribution in [0.25, 0.3) is 0 Å². The van der Waals surface area contributed by atoms with E-state index in [-0.39, 0.29) is 12.6 Å². The number of hydrogen-bond acceptors (Lipinski definition) is 4.